The minimum atomic E-state index is -3.58. The first kappa shape index (κ1) is 16.6. The third-order valence-electron chi connectivity index (χ3n) is 2.32. The summed E-state index contributed by atoms with van der Waals surface area (Å²) in [4.78, 5) is 0.236. The van der Waals surface area contributed by atoms with E-state index in [0.29, 0.717) is 5.56 Å². The van der Waals surface area contributed by atoms with Gasteiger partial charge in [-0.25, -0.2) is 13.6 Å². The summed E-state index contributed by atoms with van der Waals surface area (Å²) < 4.78 is 22.4. The monoisotopic (exact) mass is 467 g/mol. The largest absolute Gasteiger partial charge is 0.238 e. The van der Waals surface area contributed by atoms with E-state index in [1.807, 2.05) is 19.9 Å². The molecule has 0 saturated heterocycles. The molecule has 1 aromatic rings. The SMILES string of the molecule is CCc1cc(S(N)(=O)=O)c(C)cc1C.II. The lowest BCUT2D eigenvalue weighted by atomic mass is 10.0. The van der Waals surface area contributed by atoms with E-state index in [9.17, 15) is 8.42 Å². The van der Waals surface area contributed by atoms with Crippen LogP contribution in [0, 0.1) is 13.8 Å². The Bertz CT molecular complexity index is 458. The summed E-state index contributed by atoms with van der Waals surface area (Å²) in [5.74, 6) is 0. The van der Waals surface area contributed by atoms with E-state index in [0.717, 1.165) is 17.5 Å². The zero-order valence-corrected chi connectivity index (χ0v) is 14.6. The van der Waals surface area contributed by atoms with Crippen LogP contribution in [-0.2, 0) is 16.4 Å². The number of hydrogen-bond donors (Lipinski definition) is 1. The zero-order chi connectivity index (χ0) is 12.9. The first-order valence-corrected chi connectivity index (χ1v) is 12.5. The van der Waals surface area contributed by atoms with Gasteiger partial charge in [0.15, 0.2) is 0 Å². The van der Waals surface area contributed by atoms with E-state index in [1.54, 1.807) is 13.0 Å². The first-order valence-electron chi connectivity index (χ1n) is 4.63. The van der Waals surface area contributed by atoms with E-state index in [-0.39, 0.29) is 4.90 Å². The van der Waals surface area contributed by atoms with Crippen LogP contribution in [0.2, 0.25) is 0 Å². The standard InChI is InChI=1S/C10H15NO2S.I2/c1-4-9-6-10(14(11,12)13)8(3)5-7(9)2;1-2/h5-6H,4H2,1-3H3,(H2,11,12,13);. The second-order valence-corrected chi connectivity index (χ2v) is 4.97. The van der Waals surface area contributed by atoms with E-state index >= 15 is 0 Å². The molecule has 0 spiro atoms. The van der Waals surface area contributed by atoms with Crippen LogP contribution in [0.15, 0.2) is 17.0 Å². The summed E-state index contributed by atoms with van der Waals surface area (Å²) in [5, 5.41) is 5.10. The van der Waals surface area contributed by atoms with Gasteiger partial charge in [-0.3, -0.25) is 0 Å². The topological polar surface area (TPSA) is 60.2 Å². The van der Waals surface area contributed by atoms with Gasteiger partial charge in [-0.05, 0) is 43.0 Å². The molecule has 92 valence electrons. The maximum Gasteiger partial charge on any atom is 0.238 e. The van der Waals surface area contributed by atoms with Gasteiger partial charge in [-0.2, -0.15) is 0 Å². The molecule has 0 atom stereocenters. The molecule has 16 heavy (non-hydrogen) atoms. The van der Waals surface area contributed by atoms with Crippen molar-refractivity contribution in [3.05, 3.63) is 28.8 Å². The zero-order valence-electron chi connectivity index (χ0n) is 9.42. The molecule has 0 aliphatic carbocycles. The summed E-state index contributed by atoms with van der Waals surface area (Å²) in [6.07, 6.45) is 0.814. The number of rotatable bonds is 2. The van der Waals surface area contributed by atoms with Crippen molar-refractivity contribution in [2.24, 2.45) is 5.14 Å². The highest BCUT2D eigenvalue weighted by Gasteiger charge is 2.12. The van der Waals surface area contributed by atoms with Crippen molar-refractivity contribution >= 4 is 47.3 Å². The summed E-state index contributed by atoms with van der Waals surface area (Å²) in [5.41, 5.74) is 2.85. The highest BCUT2D eigenvalue weighted by Crippen LogP contribution is 2.19. The van der Waals surface area contributed by atoms with Gasteiger partial charge in [0, 0.05) is 37.2 Å². The van der Waals surface area contributed by atoms with Crippen molar-refractivity contribution in [2.75, 3.05) is 0 Å². The van der Waals surface area contributed by atoms with Crippen molar-refractivity contribution in [2.45, 2.75) is 32.1 Å². The fraction of sp³-hybridized carbons (Fsp3) is 0.400. The quantitative estimate of drug-likeness (QED) is 0.680. The summed E-state index contributed by atoms with van der Waals surface area (Å²) in [6.45, 7) is 5.72. The molecule has 0 heterocycles. The predicted octanol–water partition coefficient (Wildman–Crippen LogP) is 3.28. The molecular formula is C10H15I2NO2S. The molecule has 0 bridgehead atoms. The number of nitrogens with two attached hydrogens (primary N) is 1. The Hall–Kier alpha value is 0.590. The molecule has 0 fully saturated rings. The minimum Gasteiger partial charge on any atom is -0.225 e. The first-order chi connectivity index (χ1) is 7.36. The van der Waals surface area contributed by atoms with E-state index < -0.39 is 10.0 Å². The lowest BCUT2D eigenvalue weighted by molar-refractivity contribution is 0.597. The Balaban J connectivity index is 0.00000106. The molecule has 1 rings (SSSR count). The van der Waals surface area contributed by atoms with Crippen LogP contribution < -0.4 is 5.14 Å². The Morgan fingerprint density at radius 3 is 2.06 bits per heavy atom. The highest BCUT2D eigenvalue weighted by molar-refractivity contribution is 15.0. The van der Waals surface area contributed by atoms with E-state index in [2.05, 4.69) is 37.2 Å². The van der Waals surface area contributed by atoms with E-state index in [4.69, 9.17) is 5.14 Å². The Morgan fingerprint density at radius 1 is 1.19 bits per heavy atom. The molecule has 1 aromatic carbocycles. The van der Waals surface area contributed by atoms with E-state index in [1.165, 1.54) is 0 Å². The number of sulfonamides is 1. The van der Waals surface area contributed by atoms with Crippen molar-refractivity contribution in [1.29, 1.82) is 0 Å². The van der Waals surface area contributed by atoms with Crippen LogP contribution >= 0.6 is 37.2 Å². The maximum atomic E-state index is 11.2. The average molecular weight is 467 g/mol. The van der Waals surface area contributed by atoms with Crippen LogP contribution in [0.3, 0.4) is 0 Å². The van der Waals surface area contributed by atoms with Crippen LogP contribution in [0.4, 0.5) is 0 Å². The van der Waals surface area contributed by atoms with Gasteiger partial charge in [0.25, 0.3) is 0 Å². The molecule has 0 unspecified atom stereocenters. The average Bonchev–Trinajstić information content (AvgIpc) is 2.19. The molecule has 2 N–H and O–H groups in total. The molecule has 0 amide bonds. The van der Waals surface area contributed by atoms with Gasteiger partial charge in [0.05, 0.1) is 4.90 Å². The van der Waals surface area contributed by atoms with Crippen molar-refractivity contribution in [1.82, 2.24) is 0 Å². The van der Waals surface area contributed by atoms with Crippen LogP contribution in [0.1, 0.15) is 23.6 Å². The Kier molecular flexibility index (Phi) is 7.38. The number of primary sulfonamides is 1. The number of aryl methyl sites for hydroxylation is 3. The third-order valence-corrected chi connectivity index (χ3v) is 3.37. The lowest BCUT2D eigenvalue weighted by Crippen LogP contribution is -2.14. The predicted molar refractivity (Wildman–Crippen MR) is 84.7 cm³/mol. The summed E-state index contributed by atoms with van der Waals surface area (Å²) in [6, 6.07) is 3.53. The van der Waals surface area contributed by atoms with Gasteiger partial charge in [0.2, 0.25) is 10.0 Å². The Labute approximate surface area is 121 Å². The molecule has 0 radical (unpaired) electrons. The van der Waals surface area contributed by atoms with Crippen LogP contribution in [0.25, 0.3) is 0 Å². The lowest BCUT2D eigenvalue weighted by Gasteiger charge is -2.09. The fourth-order valence-electron chi connectivity index (χ4n) is 1.56. The fourth-order valence-corrected chi connectivity index (χ4v) is 2.38. The minimum absolute atomic E-state index is 0.236. The van der Waals surface area contributed by atoms with Gasteiger partial charge in [-0.15, -0.1) is 0 Å². The number of hydrogen-bond acceptors (Lipinski definition) is 2. The van der Waals surface area contributed by atoms with Crippen molar-refractivity contribution < 1.29 is 8.42 Å². The second-order valence-electron chi connectivity index (χ2n) is 3.44. The molecule has 0 aliphatic rings. The third kappa shape index (κ3) is 4.46. The molecule has 0 aromatic heterocycles. The maximum absolute atomic E-state index is 11.2. The van der Waals surface area contributed by atoms with Gasteiger partial charge >= 0.3 is 0 Å². The van der Waals surface area contributed by atoms with Gasteiger partial charge in [-0.1, -0.05) is 13.0 Å². The summed E-state index contributed by atoms with van der Waals surface area (Å²) >= 11 is 4.24. The molecule has 0 aliphatic heterocycles. The molecule has 6 heteroatoms. The van der Waals surface area contributed by atoms with Crippen LogP contribution in [-0.4, -0.2) is 8.42 Å². The van der Waals surface area contributed by atoms with Gasteiger partial charge < -0.3 is 0 Å². The molecule has 3 nitrogen and oxygen atoms in total. The number of benzene rings is 1. The number of halogens is 2. The highest BCUT2D eigenvalue weighted by atomic mass is 128. The van der Waals surface area contributed by atoms with Crippen LogP contribution in [0.5, 0.6) is 0 Å². The normalized spacial score (nSPS) is 10.6. The second kappa shape index (κ2) is 7.12. The van der Waals surface area contributed by atoms with Crippen molar-refractivity contribution in [3.8, 4) is 0 Å². The molecular weight excluding hydrogens is 452 g/mol. The molecule has 0 saturated carbocycles. The Morgan fingerprint density at radius 2 is 1.69 bits per heavy atom. The summed E-state index contributed by atoms with van der Waals surface area (Å²) in [7, 11) is -3.58. The van der Waals surface area contributed by atoms with Crippen molar-refractivity contribution in [3.63, 3.8) is 0 Å². The smallest absolute Gasteiger partial charge is 0.225 e. The van der Waals surface area contributed by atoms with Gasteiger partial charge in [0.1, 0.15) is 0 Å².